The van der Waals surface area contributed by atoms with Gasteiger partial charge in [-0.15, -0.1) is 0 Å². The molecule has 0 fully saturated rings. The zero-order chi connectivity index (χ0) is 21.8. The summed E-state index contributed by atoms with van der Waals surface area (Å²) in [6, 6.07) is 24.6. The summed E-state index contributed by atoms with van der Waals surface area (Å²) in [5.74, 6) is -0.588. The third kappa shape index (κ3) is 4.53. The van der Waals surface area contributed by atoms with Gasteiger partial charge in [-0.05, 0) is 48.7 Å². The molecule has 0 aliphatic carbocycles. The van der Waals surface area contributed by atoms with Crippen LogP contribution in [-0.2, 0) is 11.3 Å². The first kappa shape index (κ1) is 20.9. The molecule has 0 spiro atoms. The van der Waals surface area contributed by atoms with Gasteiger partial charge in [0.25, 0.3) is 0 Å². The van der Waals surface area contributed by atoms with E-state index >= 15 is 0 Å². The molecular formula is C27H27FN2O. The van der Waals surface area contributed by atoms with Gasteiger partial charge in [-0.25, -0.2) is 4.39 Å². The predicted molar refractivity (Wildman–Crippen MR) is 123 cm³/mol. The molecule has 1 N–H and O–H groups in total. The van der Waals surface area contributed by atoms with E-state index in [1.807, 2.05) is 55.5 Å². The van der Waals surface area contributed by atoms with Gasteiger partial charge in [0.2, 0.25) is 5.91 Å². The minimum Gasteiger partial charge on any atom is -0.350 e. The van der Waals surface area contributed by atoms with Crippen LogP contribution in [-0.4, -0.2) is 10.5 Å². The number of halogens is 1. The first-order valence-corrected chi connectivity index (χ1v) is 10.7. The van der Waals surface area contributed by atoms with E-state index in [1.165, 1.54) is 12.1 Å². The maximum Gasteiger partial charge on any atom is 0.221 e. The average molecular weight is 415 g/mol. The Morgan fingerprint density at radius 2 is 1.68 bits per heavy atom. The van der Waals surface area contributed by atoms with Crippen molar-refractivity contribution in [1.82, 2.24) is 9.88 Å². The SMILES string of the molecule is CCn1cc(C(CC(=O)NC(C)c2ccccc2)c2cccc(F)c2)c2ccccc21. The molecule has 4 aromatic rings. The molecular weight excluding hydrogens is 387 g/mol. The highest BCUT2D eigenvalue weighted by Crippen LogP contribution is 2.35. The summed E-state index contributed by atoms with van der Waals surface area (Å²) in [5, 5.41) is 4.21. The van der Waals surface area contributed by atoms with Gasteiger partial charge in [0.05, 0.1) is 6.04 Å². The van der Waals surface area contributed by atoms with Crippen LogP contribution in [0.15, 0.2) is 85.1 Å². The van der Waals surface area contributed by atoms with Crippen molar-refractivity contribution in [3.05, 3.63) is 108 Å². The Morgan fingerprint density at radius 3 is 2.42 bits per heavy atom. The third-order valence-corrected chi connectivity index (χ3v) is 5.85. The lowest BCUT2D eigenvalue weighted by atomic mass is 9.87. The minimum atomic E-state index is -0.292. The molecule has 0 radical (unpaired) electrons. The molecule has 0 aliphatic heterocycles. The minimum absolute atomic E-state index is 0.0565. The highest BCUT2D eigenvalue weighted by molar-refractivity contribution is 5.86. The fraction of sp³-hybridized carbons (Fsp3) is 0.222. The predicted octanol–water partition coefficient (Wildman–Crippen LogP) is 6.20. The molecule has 3 aromatic carbocycles. The molecule has 1 aromatic heterocycles. The van der Waals surface area contributed by atoms with Crippen LogP contribution >= 0.6 is 0 Å². The summed E-state index contributed by atoms with van der Waals surface area (Å²) in [7, 11) is 0. The lowest BCUT2D eigenvalue weighted by Crippen LogP contribution is -2.28. The van der Waals surface area contributed by atoms with E-state index in [0.717, 1.165) is 34.1 Å². The van der Waals surface area contributed by atoms with E-state index < -0.39 is 0 Å². The summed E-state index contributed by atoms with van der Waals surface area (Å²) >= 11 is 0. The van der Waals surface area contributed by atoms with Gasteiger partial charge in [-0.2, -0.15) is 0 Å². The highest BCUT2D eigenvalue weighted by Gasteiger charge is 2.23. The zero-order valence-electron chi connectivity index (χ0n) is 17.9. The summed E-state index contributed by atoms with van der Waals surface area (Å²) in [6.45, 7) is 4.91. The molecule has 0 saturated heterocycles. The first-order valence-electron chi connectivity index (χ1n) is 10.7. The lowest BCUT2D eigenvalue weighted by molar-refractivity contribution is -0.121. The van der Waals surface area contributed by atoms with E-state index in [9.17, 15) is 9.18 Å². The number of carbonyl (C=O) groups is 1. The van der Waals surface area contributed by atoms with Gasteiger partial charge in [0, 0.05) is 36.0 Å². The monoisotopic (exact) mass is 414 g/mol. The summed E-state index contributed by atoms with van der Waals surface area (Å²) in [5.41, 5.74) is 4.03. The van der Waals surface area contributed by atoms with Crippen LogP contribution in [0.1, 0.15) is 48.9 Å². The Morgan fingerprint density at radius 1 is 0.968 bits per heavy atom. The normalized spacial score (nSPS) is 13.1. The number of amides is 1. The number of benzene rings is 3. The zero-order valence-corrected chi connectivity index (χ0v) is 17.9. The van der Waals surface area contributed by atoms with E-state index in [0.29, 0.717) is 0 Å². The molecule has 0 aliphatic rings. The second kappa shape index (κ2) is 9.17. The Kier molecular flexibility index (Phi) is 6.17. The number of carbonyl (C=O) groups excluding carboxylic acids is 1. The Labute approximate surface area is 182 Å². The number of para-hydroxylation sites is 1. The molecule has 4 rings (SSSR count). The number of aromatic nitrogens is 1. The van der Waals surface area contributed by atoms with Crippen LogP contribution in [0.25, 0.3) is 10.9 Å². The van der Waals surface area contributed by atoms with Crippen molar-refractivity contribution in [2.75, 3.05) is 0 Å². The smallest absolute Gasteiger partial charge is 0.221 e. The fourth-order valence-corrected chi connectivity index (χ4v) is 4.26. The summed E-state index contributed by atoms with van der Waals surface area (Å²) in [6.07, 6.45) is 2.35. The van der Waals surface area contributed by atoms with Crippen LogP contribution in [0.4, 0.5) is 4.39 Å². The first-order chi connectivity index (χ1) is 15.1. The number of hydrogen-bond acceptors (Lipinski definition) is 1. The Balaban J connectivity index is 1.69. The Bertz CT molecular complexity index is 1180. The average Bonchev–Trinajstić information content (AvgIpc) is 3.16. The van der Waals surface area contributed by atoms with E-state index in [-0.39, 0.29) is 30.1 Å². The van der Waals surface area contributed by atoms with Crippen LogP contribution < -0.4 is 5.32 Å². The second-order valence-corrected chi connectivity index (χ2v) is 7.90. The van der Waals surface area contributed by atoms with E-state index in [1.54, 1.807) is 6.07 Å². The molecule has 1 amide bonds. The number of nitrogens with zero attached hydrogens (tertiary/aromatic N) is 1. The maximum absolute atomic E-state index is 14.1. The highest BCUT2D eigenvalue weighted by atomic mass is 19.1. The van der Waals surface area contributed by atoms with Gasteiger partial charge in [0.15, 0.2) is 0 Å². The van der Waals surface area contributed by atoms with Gasteiger partial charge >= 0.3 is 0 Å². The molecule has 31 heavy (non-hydrogen) atoms. The van der Waals surface area contributed by atoms with E-state index in [4.69, 9.17) is 0 Å². The van der Waals surface area contributed by atoms with E-state index in [2.05, 4.69) is 35.1 Å². The number of nitrogens with one attached hydrogen (secondary N) is 1. The molecule has 4 heteroatoms. The molecule has 3 nitrogen and oxygen atoms in total. The van der Waals surface area contributed by atoms with Gasteiger partial charge < -0.3 is 9.88 Å². The Hall–Kier alpha value is -3.40. The lowest BCUT2D eigenvalue weighted by Gasteiger charge is -2.20. The van der Waals surface area contributed by atoms with Crippen molar-refractivity contribution >= 4 is 16.8 Å². The standard InChI is InChI=1S/C27H27FN2O/c1-3-30-18-25(23-14-7-8-15-26(23)30)24(21-12-9-13-22(28)16-21)17-27(31)29-19(2)20-10-5-4-6-11-20/h4-16,18-19,24H,3,17H2,1-2H3,(H,29,31). The second-order valence-electron chi connectivity index (χ2n) is 7.90. The molecule has 158 valence electrons. The topological polar surface area (TPSA) is 34.0 Å². The molecule has 0 saturated carbocycles. The van der Waals surface area contributed by atoms with Crippen molar-refractivity contribution in [2.24, 2.45) is 0 Å². The van der Waals surface area contributed by atoms with Crippen molar-refractivity contribution in [3.63, 3.8) is 0 Å². The molecule has 2 unspecified atom stereocenters. The van der Waals surface area contributed by atoms with Crippen molar-refractivity contribution in [2.45, 2.75) is 38.8 Å². The quantitative estimate of drug-likeness (QED) is 0.384. The van der Waals surface area contributed by atoms with Crippen LogP contribution in [0.5, 0.6) is 0 Å². The maximum atomic E-state index is 14.1. The molecule has 0 bridgehead atoms. The van der Waals surface area contributed by atoms with Crippen LogP contribution in [0.3, 0.4) is 0 Å². The number of aryl methyl sites for hydroxylation is 1. The number of rotatable bonds is 7. The van der Waals surface area contributed by atoms with Crippen LogP contribution in [0, 0.1) is 5.82 Å². The number of fused-ring (bicyclic) bond motifs is 1. The van der Waals surface area contributed by atoms with Crippen molar-refractivity contribution in [1.29, 1.82) is 0 Å². The number of hydrogen-bond donors (Lipinski definition) is 1. The summed E-state index contributed by atoms with van der Waals surface area (Å²) < 4.78 is 16.3. The van der Waals surface area contributed by atoms with Crippen molar-refractivity contribution < 1.29 is 9.18 Å². The molecule has 2 atom stereocenters. The largest absolute Gasteiger partial charge is 0.350 e. The van der Waals surface area contributed by atoms with Gasteiger partial charge in [-0.1, -0.05) is 60.7 Å². The van der Waals surface area contributed by atoms with Gasteiger partial charge in [-0.3, -0.25) is 4.79 Å². The van der Waals surface area contributed by atoms with Gasteiger partial charge in [0.1, 0.15) is 5.82 Å². The van der Waals surface area contributed by atoms with Crippen molar-refractivity contribution in [3.8, 4) is 0 Å². The van der Waals surface area contributed by atoms with Crippen LogP contribution in [0.2, 0.25) is 0 Å². The third-order valence-electron chi connectivity index (χ3n) is 5.85. The molecule has 1 heterocycles. The fourth-order valence-electron chi connectivity index (χ4n) is 4.26. The summed E-state index contributed by atoms with van der Waals surface area (Å²) in [4.78, 5) is 13.1.